The highest BCUT2D eigenvalue weighted by atomic mass is 79.9. The molecule has 1 aliphatic heterocycles. The zero-order valence-corrected chi connectivity index (χ0v) is 15.6. The number of carbonyl (C=O) groups excluding carboxylic acids is 1. The van der Waals surface area contributed by atoms with Crippen LogP contribution in [-0.2, 0) is 9.53 Å². The molecule has 2 aromatic rings. The van der Waals surface area contributed by atoms with Crippen LogP contribution in [0.15, 0.2) is 30.6 Å². The molecule has 4 rings (SSSR count). The van der Waals surface area contributed by atoms with E-state index in [1.165, 1.54) is 12.4 Å². The number of rotatable bonds is 6. The molecule has 1 amide bonds. The number of alkyl halides is 1. The van der Waals surface area contributed by atoms with E-state index < -0.39 is 0 Å². The predicted molar refractivity (Wildman–Crippen MR) is 102 cm³/mol. The van der Waals surface area contributed by atoms with Crippen LogP contribution in [0.4, 0.5) is 11.5 Å². The number of nitrogens with two attached hydrogens (primary N) is 1. The van der Waals surface area contributed by atoms with Gasteiger partial charge in [0.05, 0.1) is 31.0 Å². The normalized spacial score (nSPS) is 24.0. The van der Waals surface area contributed by atoms with Crippen molar-refractivity contribution in [2.75, 3.05) is 36.2 Å². The molecular formula is C18H19BrN4O3. The van der Waals surface area contributed by atoms with E-state index in [4.69, 9.17) is 15.2 Å². The second kappa shape index (κ2) is 7.20. The van der Waals surface area contributed by atoms with E-state index in [2.05, 4.69) is 31.2 Å². The predicted octanol–water partition coefficient (Wildman–Crippen LogP) is 2.37. The van der Waals surface area contributed by atoms with Gasteiger partial charge < -0.3 is 20.5 Å². The molecule has 0 spiro atoms. The molecule has 0 bridgehead atoms. The number of benzene rings is 1. The van der Waals surface area contributed by atoms with E-state index in [-0.39, 0.29) is 5.91 Å². The number of nitrogen functional groups attached to an aromatic ring is 1. The van der Waals surface area contributed by atoms with Crippen molar-refractivity contribution >= 4 is 44.2 Å². The van der Waals surface area contributed by atoms with E-state index in [0.29, 0.717) is 57.8 Å². The van der Waals surface area contributed by atoms with Gasteiger partial charge in [-0.15, -0.1) is 0 Å². The van der Waals surface area contributed by atoms with Crippen molar-refractivity contribution in [3.8, 4) is 5.75 Å². The summed E-state index contributed by atoms with van der Waals surface area (Å²) in [5.41, 5.74) is 7.18. The number of nitrogens with one attached hydrogen (secondary N) is 1. The lowest BCUT2D eigenvalue weighted by Crippen LogP contribution is -2.12. The highest BCUT2D eigenvalue weighted by molar-refractivity contribution is 9.09. The summed E-state index contributed by atoms with van der Waals surface area (Å²) in [5, 5.41) is 4.13. The minimum atomic E-state index is -0.235. The summed E-state index contributed by atoms with van der Waals surface area (Å²) in [6, 6.07) is 3.56. The van der Waals surface area contributed by atoms with Crippen molar-refractivity contribution < 1.29 is 14.3 Å². The van der Waals surface area contributed by atoms with Gasteiger partial charge in [0.2, 0.25) is 5.91 Å². The second-order valence-electron chi connectivity index (χ2n) is 6.51. The first kappa shape index (κ1) is 17.2. The Hall–Kier alpha value is -2.19. The Balaban J connectivity index is 1.58. The van der Waals surface area contributed by atoms with Crippen LogP contribution in [0, 0.1) is 17.8 Å². The summed E-state index contributed by atoms with van der Waals surface area (Å²) in [7, 11) is 0. The Morgan fingerprint density at radius 2 is 2.19 bits per heavy atom. The van der Waals surface area contributed by atoms with Crippen molar-refractivity contribution in [1.29, 1.82) is 0 Å². The van der Waals surface area contributed by atoms with Crippen LogP contribution in [0.1, 0.15) is 0 Å². The summed E-state index contributed by atoms with van der Waals surface area (Å²) in [4.78, 5) is 20.4. The molecule has 1 saturated carbocycles. The number of anilines is 2. The first-order valence-corrected chi connectivity index (χ1v) is 9.57. The van der Waals surface area contributed by atoms with Gasteiger partial charge >= 0.3 is 0 Å². The number of nitrogens with zero attached hydrogens (tertiary/aromatic N) is 2. The number of hydrogen-bond acceptors (Lipinski definition) is 6. The number of carbonyl (C=O) groups is 1. The van der Waals surface area contributed by atoms with Crippen LogP contribution in [0.3, 0.4) is 0 Å². The summed E-state index contributed by atoms with van der Waals surface area (Å²) < 4.78 is 11.5. The third-order valence-corrected chi connectivity index (χ3v) is 5.32. The Morgan fingerprint density at radius 3 is 2.96 bits per heavy atom. The maximum atomic E-state index is 12.1. The van der Waals surface area contributed by atoms with Crippen LogP contribution < -0.4 is 15.8 Å². The van der Waals surface area contributed by atoms with Gasteiger partial charge in [0.15, 0.2) is 0 Å². The molecule has 26 heavy (non-hydrogen) atoms. The molecule has 3 N–H and O–H groups in total. The Morgan fingerprint density at radius 1 is 1.38 bits per heavy atom. The fraction of sp³-hybridized carbons (Fsp3) is 0.389. The first-order valence-electron chi connectivity index (χ1n) is 8.45. The molecule has 2 aliphatic rings. The molecule has 1 aliphatic carbocycles. The third-order valence-electron chi connectivity index (χ3n) is 4.94. The number of allylic oxidation sites excluding steroid dienone is 1. The maximum absolute atomic E-state index is 12.1. The Labute approximate surface area is 159 Å². The average molecular weight is 419 g/mol. The van der Waals surface area contributed by atoms with Crippen molar-refractivity contribution in [3.05, 3.63) is 30.6 Å². The lowest BCUT2D eigenvalue weighted by Gasteiger charge is -2.14. The molecule has 136 valence electrons. The molecule has 1 saturated heterocycles. The van der Waals surface area contributed by atoms with Crippen molar-refractivity contribution in [2.45, 2.75) is 0 Å². The van der Waals surface area contributed by atoms with E-state index in [9.17, 15) is 4.79 Å². The van der Waals surface area contributed by atoms with Gasteiger partial charge in [-0.1, -0.05) is 22.0 Å². The molecule has 2 heterocycles. The van der Waals surface area contributed by atoms with Gasteiger partial charge in [-0.2, -0.15) is 0 Å². The summed E-state index contributed by atoms with van der Waals surface area (Å²) in [5.74, 6) is 2.44. The van der Waals surface area contributed by atoms with Crippen LogP contribution in [-0.4, -0.2) is 41.0 Å². The third kappa shape index (κ3) is 3.39. The summed E-state index contributed by atoms with van der Waals surface area (Å²) in [6.07, 6.45) is 4.61. The zero-order valence-electron chi connectivity index (χ0n) is 14.0. The minimum absolute atomic E-state index is 0.235. The number of hydrogen-bond donors (Lipinski definition) is 2. The molecule has 1 unspecified atom stereocenters. The van der Waals surface area contributed by atoms with E-state index in [0.717, 1.165) is 13.2 Å². The topological polar surface area (TPSA) is 99.4 Å². The Kier molecular flexibility index (Phi) is 4.78. The van der Waals surface area contributed by atoms with Crippen LogP contribution in [0.2, 0.25) is 0 Å². The van der Waals surface area contributed by atoms with Gasteiger partial charge in [0.1, 0.15) is 17.9 Å². The quantitative estimate of drug-likeness (QED) is 0.551. The van der Waals surface area contributed by atoms with Crippen molar-refractivity contribution in [3.63, 3.8) is 0 Å². The van der Waals surface area contributed by atoms with Gasteiger partial charge in [-0.05, 0) is 17.9 Å². The van der Waals surface area contributed by atoms with E-state index in [1.54, 1.807) is 18.2 Å². The maximum Gasteiger partial charge on any atom is 0.248 e. The summed E-state index contributed by atoms with van der Waals surface area (Å²) >= 11 is 3.26. The highest BCUT2D eigenvalue weighted by Crippen LogP contribution is 2.51. The molecule has 0 radical (unpaired) electrons. The number of aromatic nitrogens is 2. The summed E-state index contributed by atoms with van der Waals surface area (Å²) in [6.45, 7) is 2.24. The largest absolute Gasteiger partial charge is 0.491 e. The van der Waals surface area contributed by atoms with E-state index >= 15 is 0 Å². The van der Waals surface area contributed by atoms with Crippen LogP contribution in [0.5, 0.6) is 5.75 Å². The van der Waals surface area contributed by atoms with Crippen molar-refractivity contribution in [1.82, 2.24) is 9.97 Å². The highest BCUT2D eigenvalue weighted by Gasteiger charge is 2.54. The van der Waals surface area contributed by atoms with Gasteiger partial charge in [-0.25, -0.2) is 9.97 Å². The van der Waals surface area contributed by atoms with Gasteiger partial charge in [-0.3, -0.25) is 4.79 Å². The fourth-order valence-electron chi connectivity index (χ4n) is 3.44. The van der Waals surface area contributed by atoms with Gasteiger partial charge in [0.25, 0.3) is 0 Å². The second-order valence-corrected chi connectivity index (χ2v) is 7.16. The van der Waals surface area contributed by atoms with Crippen molar-refractivity contribution in [2.24, 2.45) is 17.8 Å². The number of ether oxygens (including phenoxy) is 2. The molecular weight excluding hydrogens is 400 g/mol. The average Bonchev–Trinajstić information content (AvgIpc) is 3.06. The monoisotopic (exact) mass is 418 g/mol. The molecule has 2 fully saturated rings. The van der Waals surface area contributed by atoms with E-state index in [1.807, 2.05) is 0 Å². The molecule has 3 atom stereocenters. The number of amides is 1. The SMILES string of the molecule is Nc1ncnc2cc(OCC3[C@H]4COC[C@@H]34)c(NC(=O)/C=C/CBr)cc12. The fourth-order valence-corrected chi connectivity index (χ4v) is 3.63. The minimum Gasteiger partial charge on any atom is -0.491 e. The standard InChI is InChI=1S/C18H19BrN4O3/c19-3-1-2-17(24)23-15-4-10-14(21-9-22-18(10)20)5-16(15)26-8-13-11-6-25-7-12(11)13/h1-2,4-5,9,11-13H,3,6-8H2,(H,23,24)(H2,20,21,22)/b2-1+/t11-,12+,13?. The molecule has 7 nitrogen and oxygen atoms in total. The van der Waals surface area contributed by atoms with Crippen LogP contribution in [0.25, 0.3) is 10.9 Å². The van der Waals surface area contributed by atoms with Crippen LogP contribution >= 0.6 is 15.9 Å². The Bertz CT molecular complexity index is 863. The lowest BCUT2D eigenvalue weighted by molar-refractivity contribution is -0.111. The number of fused-ring (bicyclic) bond motifs is 2. The first-order chi connectivity index (χ1) is 12.7. The molecule has 1 aromatic carbocycles. The lowest BCUT2D eigenvalue weighted by atomic mass is 10.2. The molecule has 1 aromatic heterocycles. The smallest absolute Gasteiger partial charge is 0.248 e. The number of halogens is 1. The zero-order chi connectivity index (χ0) is 18.1. The van der Waals surface area contributed by atoms with Gasteiger partial charge in [0, 0.05) is 28.8 Å². The molecule has 8 heteroatoms.